The molecule has 0 atom stereocenters. The molecule has 1 aromatic carbocycles. The lowest BCUT2D eigenvalue weighted by molar-refractivity contribution is 0.155. The van der Waals surface area contributed by atoms with Crippen molar-refractivity contribution < 1.29 is 0 Å². The second-order valence-corrected chi connectivity index (χ2v) is 5.96. The summed E-state index contributed by atoms with van der Waals surface area (Å²) in [6.45, 7) is 6.85. The summed E-state index contributed by atoms with van der Waals surface area (Å²) in [6, 6.07) is 9.17. The third kappa shape index (κ3) is 5.23. The number of nitrogens with two attached hydrogens (primary N) is 1. The maximum Gasteiger partial charge on any atom is 0.0110 e. The van der Waals surface area contributed by atoms with Crippen molar-refractivity contribution in [2.75, 3.05) is 46.3 Å². The van der Waals surface area contributed by atoms with E-state index in [1.165, 1.54) is 56.7 Å². The maximum absolute atomic E-state index is 5.53. The molecule has 1 aliphatic heterocycles. The molecule has 0 saturated carbocycles. The van der Waals surface area contributed by atoms with E-state index in [9.17, 15) is 0 Å². The Labute approximate surface area is 123 Å². The van der Waals surface area contributed by atoms with E-state index in [0.717, 1.165) is 19.4 Å². The number of hydrogen-bond acceptors (Lipinski definition) is 3. The van der Waals surface area contributed by atoms with Crippen LogP contribution in [0.1, 0.15) is 24.0 Å². The number of hydrogen-bond donors (Lipinski definition) is 1. The number of benzene rings is 1. The van der Waals surface area contributed by atoms with Gasteiger partial charge in [0.15, 0.2) is 0 Å². The topological polar surface area (TPSA) is 32.5 Å². The first-order valence-electron chi connectivity index (χ1n) is 7.97. The molecular weight excluding hydrogens is 246 g/mol. The van der Waals surface area contributed by atoms with Crippen molar-refractivity contribution in [1.82, 2.24) is 9.80 Å². The molecule has 0 aromatic heterocycles. The van der Waals surface area contributed by atoms with Gasteiger partial charge in [0.2, 0.25) is 0 Å². The molecule has 1 fully saturated rings. The lowest BCUT2D eigenvalue weighted by Crippen LogP contribution is -2.45. The molecule has 0 bridgehead atoms. The molecule has 112 valence electrons. The number of rotatable bonds is 7. The minimum atomic E-state index is 0.809. The number of aryl methyl sites for hydroxylation is 1. The number of nitrogens with zero attached hydrogens (tertiary/aromatic N) is 2. The molecule has 0 aliphatic carbocycles. The van der Waals surface area contributed by atoms with E-state index in [1.807, 2.05) is 0 Å². The standard InChI is InChI=1S/C17H29N3/c1-19-12-14-20(15-13-19)11-9-17-7-5-16(6-8-17)4-2-3-10-18/h5-8H,2-4,9-15,18H2,1H3. The fraction of sp³-hybridized carbons (Fsp3) is 0.647. The Balaban J connectivity index is 1.70. The summed E-state index contributed by atoms with van der Waals surface area (Å²) in [4.78, 5) is 4.99. The minimum Gasteiger partial charge on any atom is -0.330 e. The Bertz CT molecular complexity index is 366. The van der Waals surface area contributed by atoms with E-state index < -0.39 is 0 Å². The normalized spacial score (nSPS) is 17.5. The van der Waals surface area contributed by atoms with E-state index in [1.54, 1.807) is 0 Å². The van der Waals surface area contributed by atoms with Crippen LogP contribution in [0.2, 0.25) is 0 Å². The van der Waals surface area contributed by atoms with Crippen molar-refractivity contribution in [2.45, 2.75) is 25.7 Å². The summed E-state index contributed by atoms with van der Waals surface area (Å²) in [5.41, 5.74) is 8.44. The highest BCUT2D eigenvalue weighted by Crippen LogP contribution is 2.09. The summed E-state index contributed by atoms with van der Waals surface area (Å²) >= 11 is 0. The van der Waals surface area contributed by atoms with Gasteiger partial charge in [0.1, 0.15) is 0 Å². The van der Waals surface area contributed by atoms with Crippen LogP contribution in [-0.2, 0) is 12.8 Å². The summed E-state index contributed by atoms with van der Waals surface area (Å²) in [5.74, 6) is 0. The zero-order valence-corrected chi connectivity index (χ0v) is 12.9. The van der Waals surface area contributed by atoms with Crippen LogP contribution < -0.4 is 5.73 Å². The zero-order chi connectivity index (χ0) is 14.2. The van der Waals surface area contributed by atoms with Crippen molar-refractivity contribution in [3.05, 3.63) is 35.4 Å². The van der Waals surface area contributed by atoms with Crippen LogP contribution in [0.15, 0.2) is 24.3 Å². The fourth-order valence-corrected chi connectivity index (χ4v) is 2.70. The number of unbranched alkanes of at least 4 members (excludes halogenated alkanes) is 1. The molecule has 0 amide bonds. The fourth-order valence-electron chi connectivity index (χ4n) is 2.70. The van der Waals surface area contributed by atoms with E-state index in [4.69, 9.17) is 5.73 Å². The van der Waals surface area contributed by atoms with Gasteiger partial charge in [-0.05, 0) is 50.4 Å². The predicted octanol–water partition coefficient (Wildman–Crippen LogP) is 1.76. The molecule has 2 N–H and O–H groups in total. The zero-order valence-electron chi connectivity index (χ0n) is 12.9. The second-order valence-electron chi connectivity index (χ2n) is 5.96. The van der Waals surface area contributed by atoms with E-state index >= 15 is 0 Å². The van der Waals surface area contributed by atoms with E-state index in [-0.39, 0.29) is 0 Å². The van der Waals surface area contributed by atoms with Crippen LogP contribution in [0.5, 0.6) is 0 Å². The molecule has 2 rings (SSSR count). The average molecular weight is 275 g/mol. The lowest BCUT2D eigenvalue weighted by Gasteiger charge is -2.32. The van der Waals surface area contributed by atoms with Gasteiger partial charge in [-0.25, -0.2) is 0 Å². The van der Waals surface area contributed by atoms with Gasteiger partial charge >= 0.3 is 0 Å². The van der Waals surface area contributed by atoms with Crippen LogP contribution in [0.3, 0.4) is 0 Å². The molecule has 1 aliphatic rings. The summed E-state index contributed by atoms with van der Waals surface area (Å²) in [7, 11) is 2.21. The third-order valence-corrected chi connectivity index (χ3v) is 4.26. The quantitative estimate of drug-likeness (QED) is 0.770. The smallest absolute Gasteiger partial charge is 0.0110 e. The monoisotopic (exact) mass is 275 g/mol. The number of piperazine rings is 1. The van der Waals surface area contributed by atoms with Crippen molar-refractivity contribution in [3.63, 3.8) is 0 Å². The van der Waals surface area contributed by atoms with Crippen molar-refractivity contribution >= 4 is 0 Å². The Kier molecular flexibility index (Phi) is 6.51. The number of likely N-dealkylation sites (N-methyl/N-ethyl adjacent to an activating group) is 1. The van der Waals surface area contributed by atoms with Crippen LogP contribution in [0.25, 0.3) is 0 Å². The highest BCUT2D eigenvalue weighted by atomic mass is 15.2. The molecule has 1 aromatic rings. The summed E-state index contributed by atoms with van der Waals surface area (Å²) in [5, 5.41) is 0. The molecule has 1 saturated heterocycles. The Morgan fingerprint density at radius 3 is 2.10 bits per heavy atom. The molecule has 0 radical (unpaired) electrons. The third-order valence-electron chi connectivity index (χ3n) is 4.26. The largest absolute Gasteiger partial charge is 0.330 e. The van der Waals surface area contributed by atoms with E-state index in [2.05, 4.69) is 41.1 Å². The van der Waals surface area contributed by atoms with E-state index in [0.29, 0.717) is 0 Å². The van der Waals surface area contributed by atoms with Crippen molar-refractivity contribution in [3.8, 4) is 0 Å². The second kappa shape index (κ2) is 8.40. The van der Waals surface area contributed by atoms with Crippen LogP contribution >= 0.6 is 0 Å². The van der Waals surface area contributed by atoms with Crippen molar-refractivity contribution in [1.29, 1.82) is 0 Å². The van der Waals surface area contributed by atoms with Gasteiger partial charge in [-0.15, -0.1) is 0 Å². The molecule has 3 heteroatoms. The van der Waals surface area contributed by atoms with Gasteiger partial charge in [0.05, 0.1) is 0 Å². The van der Waals surface area contributed by atoms with Crippen LogP contribution in [0, 0.1) is 0 Å². The van der Waals surface area contributed by atoms with Crippen LogP contribution in [0.4, 0.5) is 0 Å². The minimum absolute atomic E-state index is 0.809. The van der Waals surface area contributed by atoms with Gasteiger partial charge < -0.3 is 15.5 Å². The lowest BCUT2D eigenvalue weighted by atomic mass is 10.0. The highest BCUT2D eigenvalue weighted by molar-refractivity contribution is 5.22. The summed E-state index contributed by atoms with van der Waals surface area (Å²) in [6.07, 6.45) is 4.67. The van der Waals surface area contributed by atoms with Gasteiger partial charge in [0.25, 0.3) is 0 Å². The van der Waals surface area contributed by atoms with Crippen molar-refractivity contribution in [2.24, 2.45) is 5.73 Å². The first-order chi connectivity index (χ1) is 9.78. The summed E-state index contributed by atoms with van der Waals surface area (Å²) < 4.78 is 0. The van der Waals surface area contributed by atoms with Gasteiger partial charge in [-0.1, -0.05) is 24.3 Å². The highest BCUT2D eigenvalue weighted by Gasteiger charge is 2.12. The molecule has 3 nitrogen and oxygen atoms in total. The molecule has 20 heavy (non-hydrogen) atoms. The van der Waals surface area contributed by atoms with Gasteiger partial charge in [0, 0.05) is 32.7 Å². The Morgan fingerprint density at radius 2 is 1.50 bits per heavy atom. The maximum atomic E-state index is 5.53. The average Bonchev–Trinajstić information content (AvgIpc) is 2.48. The van der Waals surface area contributed by atoms with Crippen LogP contribution in [-0.4, -0.2) is 56.1 Å². The first-order valence-corrected chi connectivity index (χ1v) is 7.97. The molecule has 1 heterocycles. The molecular formula is C17H29N3. The molecule has 0 spiro atoms. The Hall–Kier alpha value is -0.900. The van der Waals surface area contributed by atoms with Gasteiger partial charge in [-0.3, -0.25) is 0 Å². The van der Waals surface area contributed by atoms with Gasteiger partial charge in [-0.2, -0.15) is 0 Å². The Morgan fingerprint density at radius 1 is 0.900 bits per heavy atom. The molecule has 0 unspecified atom stereocenters. The predicted molar refractivity (Wildman–Crippen MR) is 86.1 cm³/mol. The SMILES string of the molecule is CN1CCN(CCc2ccc(CCCCN)cc2)CC1. The first kappa shape index (κ1) is 15.5.